The lowest BCUT2D eigenvalue weighted by atomic mass is 10.1. The molecule has 144 valence electrons. The van der Waals surface area contributed by atoms with E-state index in [1.807, 2.05) is 11.0 Å². The highest BCUT2D eigenvalue weighted by Crippen LogP contribution is 2.34. The van der Waals surface area contributed by atoms with Crippen LogP contribution in [-0.4, -0.2) is 36.2 Å². The van der Waals surface area contributed by atoms with E-state index in [0.29, 0.717) is 36.2 Å². The quantitative estimate of drug-likeness (QED) is 0.627. The Kier molecular flexibility index (Phi) is 6.03. The Morgan fingerprint density at radius 2 is 1.63 bits per heavy atom. The van der Waals surface area contributed by atoms with Crippen LogP contribution >= 0.6 is 35.4 Å². The number of piperazine rings is 1. The van der Waals surface area contributed by atoms with Crippen molar-refractivity contribution in [1.29, 1.82) is 0 Å². The molecular weight excluding hydrogens is 418 g/mol. The van der Waals surface area contributed by atoms with Crippen molar-refractivity contribution in [3.05, 3.63) is 58.1 Å². The Morgan fingerprint density at radius 1 is 0.963 bits per heavy atom. The molecule has 2 aromatic rings. The highest BCUT2D eigenvalue weighted by molar-refractivity contribution is 7.80. The molecule has 27 heavy (non-hydrogen) atoms. The average molecular weight is 434 g/mol. The fourth-order valence-electron chi connectivity index (χ4n) is 2.88. The second-order valence-electron chi connectivity index (χ2n) is 6.05. The van der Waals surface area contributed by atoms with Crippen LogP contribution in [0.25, 0.3) is 0 Å². The third-order valence-electron chi connectivity index (χ3n) is 4.31. The molecule has 0 aliphatic carbocycles. The molecule has 2 aromatic carbocycles. The summed E-state index contributed by atoms with van der Waals surface area (Å²) in [6, 6.07) is 10.7. The highest BCUT2D eigenvalue weighted by atomic mass is 35.5. The maximum absolute atomic E-state index is 13.1. The van der Waals surface area contributed by atoms with Crippen molar-refractivity contribution in [1.82, 2.24) is 4.90 Å². The lowest BCUT2D eigenvalue weighted by Crippen LogP contribution is -2.50. The van der Waals surface area contributed by atoms with Gasteiger partial charge in [-0.25, -0.2) is 0 Å². The summed E-state index contributed by atoms with van der Waals surface area (Å²) in [5.41, 5.74) is 0.175. The minimum Gasteiger partial charge on any atom is -0.368 e. The van der Waals surface area contributed by atoms with E-state index in [0.717, 1.165) is 11.8 Å². The first kappa shape index (κ1) is 20.0. The molecule has 1 heterocycles. The highest BCUT2D eigenvalue weighted by Gasteiger charge is 2.33. The van der Waals surface area contributed by atoms with Crippen LogP contribution in [0.1, 0.15) is 5.56 Å². The molecule has 1 aliphatic rings. The van der Waals surface area contributed by atoms with Crippen molar-refractivity contribution in [3.63, 3.8) is 0 Å². The Hall–Kier alpha value is -1.70. The lowest BCUT2D eigenvalue weighted by molar-refractivity contribution is -0.136. The van der Waals surface area contributed by atoms with Crippen LogP contribution in [0.15, 0.2) is 42.5 Å². The van der Waals surface area contributed by atoms with Crippen LogP contribution in [0, 0.1) is 0 Å². The molecule has 0 spiro atoms. The van der Waals surface area contributed by atoms with Crippen molar-refractivity contribution < 1.29 is 13.2 Å². The van der Waals surface area contributed by atoms with Gasteiger partial charge in [0.15, 0.2) is 5.11 Å². The molecule has 0 amide bonds. The molecule has 1 fully saturated rings. The van der Waals surface area contributed by atoms with E-state index < -0.39 is 11.7 Å². The van der Waals surface area contributed by atoms with Crippen molar-refractivity contribution in [3.8, 4) is 0 Å². The van der Waals surface area contributed by atoms with Crippen molar-refractivity contribution in [2.75, 3.05) is 36.4 Å². The van der Waals surface area contributed by atoms with E-state index in [1.165, 1.54) is 12.1 Å². The number of nitrogens with one attached hydrogen (secondary N) is 1. The first-order valence-corrected chi connectivity index (χ1v) is 9.34. The lowest BCUT2D eigenvalue weighted by Gasteiger charge is -2.37. The Bertz CT molecular complexity index is 837. The van der Waals surface area contributed by atoms with E-state index in [2.05, 4.69) is 10.2 Å². The van der Waals surface area contributed by atoms with Gasteiger partial charge in [-0.05, 0) is 42.5 Å². The second kappa shape index (κ2) is 8.12. The SMILES string of the molecule is FC(F)(F)c1ccccc1NC(=S)N1CCN(c2ccc(Cl)c(Cl)c2)CC1. The number of thiocarbonyl (C=S) groups is 1. The third kappa shape index (κ3) is 4.78. The van der Waals surface area contributed by atoms with Crippen LogP contribution in [0.2, 0.25) is 10.0 Å². The topological polar surface area (TPSA) is 18.5 Å². The van der Waals surface area contributed by atoms with Gasteiger partial charge in [0, 0.05) is 31.9 Å². The summed E-state index contributed by atoms with van der Waals surface area (Å²) < 4.78 is 39.4. The van der Waals surface area contributed by atoms with Crippen molar-refractivity contribution in [2.24, 2.45) is 0 Å². The molecule has 0 saturated carbocycles. The van der Waals surface area contributed by atoms with Crippen LogP contribution in [0.3, 0.4) is 0 Å². The largest absolute Gasteiger partial charge is 0.418 e. The Balaban J connectivity index is 1.63. The number of anilines is 2. The molecule has 0 bridgehead atoms. The smallest absolute Gasteiger partial charge is 0.368 e. The second-order valence-corrected chi connectivity index (χ2v) is 7.25. The molecule has 0 atom stereocenters. The molecule has 0 unspecified atom stereocenters. The number of nitrogens with zero attached hydrogens (tertiary/aromatic N) is 2. The minimum absolute atomic E-state index is 0.0399. The van der Waals surface area contributed by atoms with Crippen molar-refractivity contribution in [2.45, 2.75) is 6.18 Å². The number of hydrogen-bond donors (Lipinski definition) is 1. The maximum Gasteiger partial charge on any atom is 0.418 e. The molecule has 1 saturated heterocycles. The van der Waals surface area contributed by atoms with Gasteiger partial charge in [0.05, 0.1) is 21.3 Å². The number of hydrogen-bond acceptors (Lipinski definition) is 2. The maximum atomic E-state index is 13.1. The number of rotatable bonds is 2. The van der Waals surface area contributed by atoms with Gasteiger partial charge < -0.3 is 15.1 Å². The first-order chi connectivity index (χ1) is 12.8. The summed E-state index contributed by atoms with van der Waals surface area (Å²) in [6.45, 7) is 2.50. The summed E-state index contributed by atoms with van der Waals surface area (Å²) in [7, 11) is 0. The molecule has 0 aromatic heterocycles. The zero-order valence-electron chi connectivity index (χ0n) is 14.1. The molecule has 0 radical (unpaired) electrons. The predicted octanol–water partition coefficient (Wildman–Crippen LogP) is 5.53. The van der Waals surface area contributed by atoms with E-state index in [-0.39, 0.29) is 10.8 Å². The Morgan fingerprint density at radius 3 is 2.26 bits per heavy atom. The fraction of sp³-hybridized carbons (Fsp3) is 0.278. The average Bonchev–Trinajstić information content (AvgIpc) is 2.64. The summed E-state index contributed by atoms with van der Waals surface area (Å²) in [6.07, 6.45) is -4.44. The van der Waals surface area contributed by atoms with Crippen LogP contribution in [0.4, 0.5) is 24.5 Å². The molecule has 3 rings (SSSR count). The van der Waals surface area contributed by atoms with E-state index in [9.17, 15) is 13.2 Å². The monoisotopic (exact) mass is 433 g/mol. The van der Waals surface area contributed by atoms with Gasteiger partial charge in [0.2, 0.25) is 0 Å². The first-order valence-electron chi connectivity index (χ1n) is 8.18. The number of para-hydroxylation sites is 1. The standard InChI is InChI=1S/C18H16Cl2F3N3S/c19-14-6-5-12(11-15(14)20)25-7-9-26(10-8-25)17(27)24-16-4-2-1-3-13(16)18(21,22)23/h1-6,11H,7-10H2,(H,24,27). The van der Waals surface area contributed by atoms with Gasteiger partial charge in [0.25, 0.3) is 0 Å². The van der Waals surface area contributed by atoms with Gasteiger partial charge >= 0.3 is 6.18 Å². The fourth-order valence-corrected chi connectivity index (χ4v) is 3.47. The zero-order valence-corrected chi connectivity index (χ0v) is 16.4. The molecule has 1 aliphatic heterocycles. The summed E-state index contributed by atoms with van der Waals surface area (Å²) in [5.74, 6) is 0. The normalized spacial score (nSPS) is 15.0. The van der Waals surface area contributed by atoms with Crippen LogP contribution < -0.4 is 10.2 Å². The number of benzene rings is 2. The van der Waals surface area contributed by atoms with Gasteiger partial charge in [-0.1, -0.05) is 35.3 Å². The zero-order chi connectivity index (χ0) is 19.6. The summed E-state index contributed by atoms with van der Waals surface area (Å²) >= 11 is 17.3. The van der Waals surface area contributed by atoms with E-state index in [4.69, 9.17) is 35.4 Å². The molecule has 9 heteroatoms. The van der Waals surface area contributed by atoms with Gasteiger partial charge in [-0.3, -0.25) is 0 Å². The molecule has 1 N–H and O–H groups in total. The van der Waals surface area contributed by atoms with Crippen LogP contribution in [0.5, 0.6) is 0 Å². The van der Waals surface area contributed by atoms with Crippen molar-refractivity contribution >= 4 is 51.9 Å². The minimum atomic E-state index is -4.44. The molecular formula is C18H16Cl2F3N3S. The Labute approximate surface area is 170 Å². The summed E-state index contributed by atoms with van der Waals surface area (Å²) in [5, 5.41) is 3.99. The molecule has 3 nitrogen and oxygen atoms in total. The van der Waals surface area contributed by atoms with Gasteiger partial charge in [0.1, 0.15) is 0 Å². The third-order valence-corrected chi connectivity index (χ3v) is 5.41. The van der Waals surface area contributed by atoms with Crippen LogP contribution in [-0.2, 0) is 6.18 Å². The number of halogens is 5. The summed E-state index contributed by atoms with van der Waals surface area (Å²) in [4.78, 5) is 3.99. The van der Waals surface area contributed by atoms with E-state index >= 15 is 0 Å². The van der Waals surface area contributed by atoms with Gasteiger partial charge in [-0.15, -0.1) is 0 Å². The van der Waals surface area contributed by atoms with Gasteiger partial charge in [-0.2, -0.15) is 13.2 Å². The predicted molar refractivity (Wildman–Crippen MR) is 108 cm³/mol. The number of alkyl halides is 3. The van der Waals surface area contributed by atoms with E-state index in [1.54, 1.807) is 18.2 Å².